The van der Waals surface area contributed by atoms with Gasteiger partial charge in [-0.25, -0.2) is 0 Å². The predicted octanol–water partition coefficient (Wildman–Crippen LogP) is 6.23. The van der Waals surface area contributed by atoms with Crippen molar-refractivity contribution in [2.75, 3.05) is 10.6 Å². The minimum Gasteiger partial charge on any atom is -0.481 e. The van der Waals surface area contributed by atoms with E-state index in [1.54, 1.807) is 24.5 Å². The summed E-state index contributed by atoms with van der Waals surface area (Å²) in [5.74, 6) is -0.789. The first kappa shape index (κ1) is 22.5. The van der Waals surface area contributed by atoms with Gasteiger partial charge in [-0.2, -0.15) is 0 Å². The molecule has 0 atom stereocenters. The van der Waals surface area contributed by atoms with Gasteiger partial charge in [-0.05, 0) is 72.6 Å². The van der Waals surface area contributed by atoms with E-state index >= 15 is 0 Å². The number of nitrogens with one attached hydrogen (secondary N) is 2. The second kappa shape index (κ2) is 11.2. The second-order valence-electron chi connectivity index (χ2n) is 6.82. The molecule has 31 heavy (non-hydrogen) atoms. The van der Waals surface area contributed by atoms with Gasteiger partial charge in [0, 0.05) is 40.8 Å². The highest BCUT2D eigenvalue weighted by Gasteiger charge is 2.08. The van der Waals surface area contributed by atoms with Gasteiger partial charge in [0.25, 0.3) is 0 Å². The fourth-order valence-corrected chi connectivity index (χ4v) is 3.47. The van der Waals surface area contributed by atoms with Crippen LogP contribution in [0, 0.1) is 0 Å². The van der Waals surface area contributed by atoms with Gasteiger partial charge in [0.1, 0.15) is 0 Å². The molecule has 0 saturated carbocycles. The van der Waals surface area contributed by atoms with Crippen molar-refractivity contribution in [2.24, 2.45) is 0 Å². The van der Waals surface area contributed by atoms with E-state index in [0.717, 1.165) is 28.1 Å². The van der Waals surface area contributed by atoms with Crippen molar-refractivity contribution < 1.29 is 9.90 Å². The zero-order valence-corrected chi connectivity index (χ0v) is 18.3. The van der Waals surface area contributed by atoms with E-state index in [2.05, 4.69) is 21.7 Å². The smallest absolute Gasteiger partial charge is 0.303 e. The number of anilines is 2. The molecule has 1 heterocycles. The minimum atomic E-state index is -0.789. The van der Waals surface area contributed by atoms with Crippen LogP contribution >= 0.6 is 23.8 Å². The standard InChI is InChI=1S/C24H22ClN3O2S/c25-19-8-4-10-21(15-19)28-24(31)27-20-9-3-6-17(14-20)22(11-1-2-12-23(29)30)18-7-5-13-26-16-18/h3-11,13-16H,1-2,12H2,(H,29,30)(H2,27,28,31). The number of unbranched alkanes of at least 4 members (excludes halogenated alkanes) is 1. The van der Waals surface area contributed by atoms with Crippen LogP contribution in [0.5, 0.6) is 0 Å². The van der Waals surface area contributed by atoms with Gasteiger partial charge in [-0.3, -0.25) is 9.78 Å². The molecule has 0 fully saturated rings. The maximum Gasteiger partial charge on any atom is 0.303 e. The normalized spacial score (nSPS) is 11.1. The van der Waals surface area contributed by atoms with E-state index in [0.29, 0.717) is 23.0 Å². The average Bonchev–Trinajstić information content (AvgIpc) is 2.74. The molecular weight excluding hydrogens is 430 g/mol. The Labute approximate surface area is 191 Å². The lowest BCUT2D eigenvalue weighted by Gasteiger charge is -2.13. The molecule has 0 aliphatic carbocycles. The van der Waals surface area contributed by atoms with Crippen LogP contribution in [-0.4, -0.2) is 21.2 Å². The molecule has 2 aromatic carbocycles. The number of carboxylic acid groups (broad SMARTS) is 1. The number of hydrogen-bond donors (Lipinski definition) is 3. The third-order valence-electron chi connectivity index (χ3n) is 4.43. The fraction of sp³-hybridized carbons (Fsp3) is 0.125. The highest BCUT2D eigenvalue weighted by atomic mass is 35.5. The number of pyridine rings is 1. The summed E-state index contributed by atoms with van der Waals surface area (Å²) in [7, 11) is 0. The largest absolute Gasteiger partial charge is 0.481 e. The van der Waals surface area contributed by atoms with Crippen LogP contribution in [0.2, 0.25) is 5.02 Å². The molecule has 158 valence electrons. The second-order valence-corrected chi connectivity index (χ2v) is 7.66. The zero-order valence-electron chi connectivity index (χ0n) is 16.7. The van der Waals surface area contributed by atoms with Crippen molar-refractivity contribution in [1.82, 2.24) is 4.98 Å². The van der Waals surface area contributed by atoms with Crippen molar-refractivity contribution in [3.8, 4) is 0 Å². The van der Waals surface area contributed by atoms with Gasteiger partial charge < -0.3 is 15.7 Å². The molecular formula is C24H22ClN3O2S. The summed E-state index contributed by atoms with van der Waals surface area (Å²) in [6, 6.07) is 19.1. The molecule has 5 nitrogen and oxygen atoms in total. The van der Waals surface area contributed by atoms with Crippen LogP contribution in [0.4, 0.5) is 11.4 Å². The Morgan fingerprint density at radius 2 is 1.74 bits per heavy atom. The molecule has 0 saturated heterocycles. The number of aliphatic carboxylic acids is 1. The SMILES string of the molecule is O=C(O)CCCC=C(c1cccnc1)c1cccc(NC(=S)Nc2cccc(Cl)c2)c1. The van der Waals surface area contributed by atoms with Crippen molar-refractivity contribution >= 4 is 51.8 Å². The third-order valence-corrected chi connectivity index (χ3v) is 4.87. The summed E-state index contributed by atoms with van der Waals surface area (Å²) in [4.78, 5) is 15.0. The van der Waals surface area contributed by atoms with E-state index in [1.807, 2.05) is 48.5 Å². The Morgan fingerprint density at radius 3 is 2.42 bits per heavy atom. The minimum absolute atomic E-state index is 0.141. The van der Waals surface area contributed by atoms with Crippen LogP contribution in [0.1, 0.15) is 30.4 Å². The first-order valence-electron chi connectivity index (χ1n) is 9.77. The van der Waals surface area contributed by atoms with Crippen molar-refractivity contribution in [2.45, 2.75) is 19.3 Å². The number of allylic oxidation sites excluding steroid dienone is 1. The highest BCUT2D eigenvalue weighted by Crippen LogP contribution is 2.26. The Kier molecular flexibility index (Phi) is 8.15. The molecule has 0 spiro atoms. The first-order chi connectivity index (χ1) is 15.0. The van der Waals surface area contributed by atoms with Gasteiger partial charge in [0.2, 0.25) is 0 Å². The van der Waals surface area contributed by atoms with Gasteiger partial charge in [-0.1, -0.05) is 41.9 Å². The monoisotopic (exact) mass is 451 g/mol. The Balaban J connectivity index is 1.77. The maximum atomic E-state index is 10.8. The summed E-state index contributed by atoms with van der Waals surface area (Å²) in [5, 5.41) is 16.3. The van der Waals surface area contributed by atoms with E-state index in [9.17, 15) is 4.79 Å². The van der Waals surface area contributed by atoms with E-state index in [-0.39, 0.29) is 6.42 Å². The van der Waals surface area contributed by atoms with Crippen molar-refractivity contribution in [3.63, 3.8) is 0 Å². The summed E-state index contributed by atoms with van der Waals surface area (Å²) in [5.41, 5.74) is 4.58. The van der Waals surface area contributed by atoms with Gasteiger partial charge >= 0.3 is 5.97 Å². The number of thiocarbonyl (C=S) groups is 1. The van der Waals surface area contributed by atoms with Crippen molar-refractivity contribution in [3.05, 3.63) is 95.3 Å². The molecule has 0 unspecified atom stereocenters. The van der Waals surface area contributed by atoms with Crippen LogP contribution in [0.25, 0.3) is 5.57 Å². The predicted molar refractivity (Wildman–Crippen MR) is 131 cm³/mol. The number of benzene rings is 2. The number of rotatable bonds is 8. The number of carboxylic acids is 1. The highest BCUT2D eigenvalue weighted by molar-refractivity contribution is 7.80. The Hall–Kier alpha value is -3.22. The molecule has 0 aliphatic heterocycles. The molecule has 0 bridgehead atoms. The molecule has 0 radical (unpaired) electrons. The number of halogens is 1. The van der Waals surface area contributed by atoms with E-state index in [1.165, 1.54) is 0 Å². The maximum absolute atomic E-state index is 10.8. The molecule has 3 aromatic rings. The lowest BCUT2D eigenvalue weighted by molar-refractivity contribution is -0.137. The van der Waals surface area contributed by atoms with E-state index in [4.69, 9.17) is 28.9 Å². The van der Waals surface area contributed by atoms with Gasteiger partial charge in [0.05, 0.1) is 0 Å². The summed E-state index contributed by atoms with van der Waals surface area (Å²) in [6.07, 6.45) is 6.95. The molecule has 3 rings (SSSR count). The van der Waals surface area contributed by atoms with E-state index < -0.39 is 5.97 Å². The topological polar surface area (TPSA) is 74.2 Å². The number of aromatic nitrogens is 1. The summed E-state index contributed by atoms with van der Waals surface area (Å²) in [6.45, 7) is 0. The Bertz CT molecular complexity index is 1090. The molecule has 0 amide bonds. The molecule has 1 aromatic heterocycles. The van der Waals surface area contributed by atoms with Gasteiger partial charge in [0.15, 0.2) is 5.11 Å². The van der Waals surface area contributed by atoms with Crippen LogP contribution in [0.3, 0.4) is 0 Å². The average molecular weight is 452 g/mol. The molecule has 3 N–H and O–H groups in total. The Morgan fingerprint density at radius 1 is 1.03 bits per heavy atom. The first-order valence-corrected chi connectivity index (χ1v) is 10.6. The third kappa shape index (κ3) is 7.20. The lowest BCUT2D eigenvalue weighted by Crippen LogP contribution is -2.19. The summed E-state index contributed by atoms with van der Waals surface area (Å²) >= 11 is 11.5. The van der Waals surface area contributed by atoms with Crippen LogP contribution in [0.15, 0.2) is 79.1 Å². The molecule has 7 heteroatoms. The lowest BCUT2D eigenvalue weighted by atomic mass is 9.97. The number of carbonyl (C=O) groups is 1. The number of hydrogen-bond acceptors (Lipinski definition) is 3. The van der Waals surface area contributed by atoms with Gasteiger partial charge in [-0.15, -0.1) is 0 Å². The summed E-state index contributed by atoms with van der Waals surface area (Å²) < 4.78 is 0. The van der Waals surface area contributed by atoms with Crippen LogP contribution < -0.4 is 10.6 Å². The van der Waals surface area contributed by atoms with Crippen molar-refractivity contribution in [1.29, 1.82) is 0 Å². The quantitative estimate of drug-likeness (QED) is 0.278. The van der Waals surface area contributed by atoms with Crippen LogP contribution in [-0.2, 0) is 4.79 Å². The zero-order chi connectivity index (χ0) is 22.1. The number of nitrogens with zero attached hydrogens (tertiary/aromatic N) is 1. The molecule has 0 aliphatic rings. The fourth-order valence-electron chi connectivity index (χ4n) is 3.05.